The van der Waals surface area contributed by atoms with Crippen molar-refractivity contribution in [3.05, 3.63) is 35.9 Å². The molecule has 108 valence electrons. The lowest BCUT2D eigenvalue weighted by Gasteiger charge is -2.33. The molecule has 20 heavy (non-hydrogen) atoms. The molecule has 1 aromatic carbocycles. The van der Waals surface area contributed by atoms with Crippen LogP contribution in [-0.4, -0.2) is 29.1 Å². The number of benzene rings is 1. The molecule has 2 N–H and O–H groups in total. The largest absolute Gasteiger partial charge is 0.481 e. The summed E-state index contributed by atoms with van der Waals surface area (Å²) in [5, 5.41) is 11.6. The van der Waals surface area contributed by atoms with E-state index >= 15 is 0 Å². The maximum Gasteiger partial charge on any atom is 0.306 e. The van der Waals surface area contributed by atoms with Crippen LogP contribution in [0.3, 0.4) is 0 Å². The summed E-state index contributed by atoms with van der Waals surface area (Å²) in [7, 11) is 0. The molecule has 1 fully saturated rings. The lowest BCUT2D eigenvalue weighted by atomic mass is 9.80. The number of carboxylic acid groups (broad SMARTS) is 1. The van der Waals surface area contributed by atoms with Gasteiger partial charge in [0.15, 0.2) is 0 Å². The molecular formula is C15H19NO4. The highest BCUT2D eigenvalue weighted by molar-refractivity contribution is 5.81. The summed E-state index contributed by atoms with van der Waals surface area (Å²) in [6.07, 6.45) is 0.470. The number of ether oxygens (including phenoxy) is 1. The van der Waals surface area contributed by atoms with Crippen molar-refractivity contribution >= 4 is 11.9 Å². The number of carbonyl (C=O) groups is 2. The van der Waals surface area contributed by atoms with E-state index in [1.54, 1.807) is 6.92 Å². The van der Waals surface area contributed by atoms with Crippen molar-refractivity contribution in [2.45, 2.75) is 38.5 Å². The Labute approximate surface area is 117 Å². The van der Waals surface area contributed by atoms with Crippen molar-refractivity contribution in [2.24, 2.45) is 5.92 Å². The number of rotatable bonds is 6. The van der Waals surface area contributed by atoms with Crippen molar-refractivity contribution in [1.82, 2.24) is 5.32 Å². The fourth-order valence-electron chi connectivity index (χ4n) is 2.13. The Morgan fingerprint density at radius 3 is 2.60 bits per heavy atom. The summed E-state index contributed by atoms with van der Waals surface area (Å²) in [6.45, 7) is 2.09. The van der Waals surface area contributed by atoms with Gasteiger partial charge in [0.05, 0.1) is 12.5 Å². The molecule has 2 rings (SSSR count). The minimum absolute atomic E-state index is 0.0358. The van der Waals surface area contributed by atoms with E-state index in [1.165, 1.54) is 0 Å². The van der Waals surface area contributed by atoms with Gasteiger partial charge in [-0.2, -0.15) is 0 Å². The van der Waals surface area contributed by atoms with Crippen LogP contribution in [0.5, 0.6) is 0 Å². The Hall–Kier alpha value is -1.88. The van der Waals surface area contributed by atoms with E-state index < -0.39 is 12.1 Å². The van der Waals surface area contributed by atoms with Crippen molar-refractivity contribution in [3.8, 4) is 0 Å². The third-order valence-electron chi connectivity index (χ3n) is 3.55. The first kappa shape index (κ1) is 14.5. The Kier molecular flexibility index (Phi) is 4.74. The molecule has 0 radical (unpaired) electrons. The highest BCUT2D eigenvalue weighted by Crippen LogP contribution is 2.27. The van der Waals surface area contributed by atoms with Gasteiger partial charge in [-0.3, -0.25) is 9.59 Å². The Balaban J connectivity index is 1.69. The van der Waals surface area contributed by atoms with Gasteiger partial charge in [-0.25, -0.2) is 0 Å². The molecule has 1 amide bonds. The van der Waals surface area contributed by atoms with Gasteiger partial charge in [0.25, 0.3) is 0 Å². The van der Waals surface area contributed by atoms with Crippen LogP contribution in [0, 0.1) is 5.92 Å². The maximum absolute atomic E-state index is 11.9. The van der Waals surface area contributed by atoms with Crippen molar-refractivity contribution in [1.29, 1.82) is 0 Å². The number of carbonyl (C=O) groups excluding carboxylic acids is 1. The minimum Gasteiger partial charge on any atom is -0.481 e. The van der Waals surface area contributed by atoms with Crippen LogP contribution in [0.4, 0.5) is 0 Å². The lowest BCUT2D eigenvalue weighted by Crippen LogP contribution is -2.49. The standard InChI is InChI=1S/C15H19NO4/c1-10(20-9-11-5-3-2-4-6-11)14(17)16-13-7-12(8-13)15(18)19/h2-6,10,12-13H,7-9H2,1H3,(H,16,17)(H,18,19). The smallest absolute Gasteiger partial charge is 0.306 e. The topological polar surface area (TPSA) is 75.6 Å². The van der Waals surface area contributed by atoms with Gasteiger partial charge in [0, 0.05) is 6.04 Å². The Morgan fingerprint density at radius 1 is 1.35 bits per heavy atom. The van der Waals surface area contributed by atoms with Crippen molar-refractivity contribution in [2.75, 3.05) is 0 Å². The van der Waals surface area contributed by atoms with Gasteiger partial charge >= 0.3 is 5.97 Å². The summed E-state index contributed by atoms with van der Waals surface area (Å²) in [4.78, 5) is 22.5. The number of hydrogen-bond acceptors (Lipinski definition) is 3. The predicted molar refractivity (Wildman–Crippen MR) is 73.0 cm³/mol. The normalized spacial score (nSPS) is 22.6. The summed E-state index contributed by atoms with van der Waals surface area (Å²) in [5.41, 5.74) is 1.02. The highest BCUT2D eigenvalue weighted by Gasteiger charge is 2.35. The van der Waals surface area contributed by atoms with Gasteiger partial charge in [0.2, 0.25) is 5.91 Å². The fourth-order valence-corrected chi connectivity index (χ4v) is 2.13. The molecule has 1 aromatic rings. The summed E-state index contributed by atoms with van der Waals surface area (Å²) in [6, 6.07) is 9.61. The first-order chi connectivity index (χ1) is 9.56. The van der Waals surface area contributed by atoms with E-state index in [4.69, 9.17) is 9.84 Å². The van der Waals surface area contributed by atoms with Gasteiger partial charge in [-0.05, 0) is 25.3 Å². The molecule has 0 heterocycles. The molecule has 1 unspecified atom stereocenters. The third-order valence-corrected chi connectivity index (χ3v) is 3.55. The monoisotopic (exact) mass is 277 g/mol. The van der Waals surface area contributed by atoms with E-state index in [0.29, 0.717) is 19.4 Å². The number of hydrogen-bond donors (Lipinski definition) is 2. The molecular weight excluding hydrogens is 258 g/mol. The number of carboxylic acids is 1. The maximum atomic E-state index is 11.9. The molecule has 1 aliphatic carbocycles. The Morgan fingerprint density at radius 2 is 2.00 bits per heavy atom. The molecule has 5 heteroatoms. The highest BCUT2D eigenvalue weighted by atomic mass is 16.5. The van der Waals surface area contributed by atoms with E-state index in [1.807, 2.05) is 30.3 Å². The SMILES string of the molecule is CC(OCc1ccccc1)C(=O)NC1CC(C(=O)O)C1. The predicted octanol–water partition coefficient (Wildman–Crippen LogP) is 1.57. The molecule has 0 aliphatic heterocycles. The quantitative estimate of drug-likeness (QED) is 0.827. The molecule has 0 aromatic heterocycles. The van der Waals surface area contributed by atoms with Gasteiger partial charge in [-0.15, -0.1) is 0 Å². The first-order valence-corrected chi connectivity index (χ1v) is 6.75. The summed E-state index contributed by atoms with van der Waals surface area (Å²) < 4.78 is 5.51. The zero-order chi connectivity index (χ0) is 14.5. The van der Waals surface area contributed by atoms with Crippen LogP contribution in [0.2, 0.25) is 0 Å². The second-order valence-electron chi connectivity index (χ2n) is 5.15. The van der Waals surface area contributed by atoms with Crippen molar-refractivity contribution < 1.29 is 19.4 Å². The van der Waals surface area contributed by atoms with Crippen LogP contribution in [0.15, 0.2) is 30.3 Å². The van der Waals surface area contributed by atoms with E-state index in [0.717, 1.165) is 5.56 Å². The summed E-state index contributed by atoms with van der Waals surface area (Å²) in [5.74, 6) is -1.29. The van der Waals surface area contributed by atoms with Gasteiger partial charge in [-0.1, -0.05) is 30.3 Å². The zero-order valence-electron chi connectivity index (χ0n) is 11.4. The van der Waals surface area contributed by atoms with Crippen LogP contribution in [0.25, 0.3) is 0 Å². The second-order valence-corrected chi connectivity index (χ2v) is 5.15. The number of aliphatic carboxylic acids is 1. The van der Waals surface area contributed by atoms with E-state index in [2.05, 4.69) is 5.32 Å². The molecule has 0 saturated heterocycles. The van der Waals surface area contributed by atoms with Crippen LogP contribution in [-0.2, 0) is 20.9 Å². The number of amides is 1. The minimum atomic E-state index is -0.788. The second kappa shape index (κ2) is 6.52. The molecule has 0 bridgehead atoms. The molecule has 5 nitrogen and oxygen atoms in total. The fraction of sp³-hybridized carbons (Fsp3) is 0.467. The van der Waals surface area contributed by atoms with E-state index in [9.17, 15) is 9.59 Å². The van der Waals surface area contributed by atoms with Crippen molar-refractivity contribution in [3.63, 3.8) is 0 Å². The van der Waals surface area contributed by atoms with Crippen LogP contribution in [0.1, 0.15) is 25.3 Å². The molecule has 1 saturated carbocycles. The Bertz CT molecular complexity index is 468. The zero-order valence-corrected chi connectivity index (χ0v) is 11.4. The van der Waals surface area contributed by atoms with Crippen LogP contribution < -0.4 is 5.32 Å². The van der Waals surface area contributed by atoms with E-state index in [-0.39, 0.29) is 17.9 Å². The third kappa shape index (κ3) is 3.81. The average molecular weight is 277 g/mol. The lowest BCUT2D eigenvalue weighted by molar-refractivity contribution is -0.147. The molecule has 1 aliphatic rings. The van der Waals surface area contributed by atoms with Gasteiger partial charge < -0.3 is 15.2 Å². The molecule has 1 atom stereocenters. The number of nitrogens with one attached hydrogen (secondary N) is 1. The first-order valence-electron chi connectivity index (χ1n) is 6.75. The molecule has 0 spiro atoms. The van der Waals surface area contributed by atoms with Gasteiger partial charge in [0.1, 0.15) is 6.10 Å². The van der Waals surface area contributed by atoms with Crippen LogP contribution >= 0.6 is 0 Å². The average Bonchev–Trinajstić information content (AvgIpc) is 2.40. The summed E-state index contributed by atoms with van der Waals surface area (Å²) >= 11 is 0.